The summed E-state index contributed by atoms with van der Waals surface area (Å²) in [7, 11) is -2.18. The highest BCUT2D eigenvalue weighted by atomic mass is 32.2. The van der Waals surface area contributed by atoms with Gasteiger partial charge in [-0.1, -0.05) is 31.2 Å². The van der Waals surface area contributed by atoms with Crippen LogP contribution in [0.15, 0.2) is 70.3 Å². The fraction of sp³-hybridized carbons (Fsp3) is 0.455. The lowest BCUT2D eigenvalue weighted by molar-refractivity contribution is -0.00832. The number of benzene rings is 2. The van der Waals surface area contributed by atoms with Crippen LogP contribution in [0.2, 0.25) is 0 Å². The van der Waals surface area contributed by atoms with Crippen LogP contribution in [0.3, 0.4) is 0 Å². The number of rotatable bonds is 8. The summed E-state index contributed by atoms with van der Waals surface area (Å²) in [6, 6.07) is 16.2. The third-order valence-corrected chi connectivity index (χ3v) is 11.1. The number of carbonyl (C=O) groups is 2. The molecule has 2 heterocycles. The van der Waals surface area contributed by atoms with E-state index in [0.29, 0.717) is 30.2 Å². The van der Waals surface area contributed by atoms with Crippen molar-refractivity contribution < 1.29 is 32.6 Å². The van der Waals surface area contributed by atoms with E-state index in [1.807, 2.05) is 32.0 Å². The highest BCUT2D eigenvalue weighted by Crippen LogP contribution is 2.29. The van der Waals surface area contributed by atoms with Gasteiger partial charge in [-0.2, -0.15) is 4.31 Å². The zero-order valence-corrected chi connectivity index (χ0v) is 28.4. The minimum atomic E-state index is -3.71. The Bertz CT molecular complexity index is 1540. The molecule has 0 unspecified atom stereocenters. The van der Waals surface area contributed by atoms with E-state index in [-0.39, 0.29) is 41.5 Å². The molecule has 1 aliphatic rings. The number of para-hydroxylation sites is 1. The SMILES string of the molecule is C[C@H](CO)N1C[C@H](C)[C@H](CN(C)S(=O)(=O)c2cccs2)OCCCC[C@H](C)Oc2ccc(NC(=O)Nc3ccccc3)cc2C1=O. The Kier molecular flexibility index (Phi) is 12.6. The van der Waals surface area contributed by atoms with Gasteiger partial charge in [0.15, 0.2) is 0 Å². The first-order valence-electron chi connectivity index (χ1n) is 15.5. The molecule has 0 aliphatic carbocycles. The highest BCUT2D eigenvalue weighted by molar-refractivity contribution is 7.91. The number of nitrogens with zero attached hydrogens (tertiary/aromatic N) is 2. The molecular formula is C33H44N4O7S2. The molecule has 3 aromatic rings. The van der Waals surface area contributed by atoms with Gasteiger partial charge in [-0.05, 0) is 74.9 Å². The van der Waals surface area contributed by atoms with Crippen molar-refractivity contribution in [1.82, 2.24) is 9.21 Å². The van der Waals surface area contributed by atoms with Crippen LogP contribution in [0.25, 0.3) is 0 Å². The normalized spacial score (nSPS) is 20.7. The number of thiophene rings is 1. The highest BCUT2D eigenvalue weighted by Gasteiger charge is 2.32. The smallest absolute Gasteiger partial charge is 0.323 e. The van der Waals surface area contributed by atoms with Crippen LogP contribution < -0.4 is 15.4 Å². The number of carbonyl (C=O) groups excluding carboxylic acids is 2. The molecule has 11 nitrogen and oxygen atoms in total. The molecule has 1 aromatic heterocycles. The molecule has 1 aliphatic heterocycles. The van der Waals surface area contributed by atoms with Gasteiger partial charge < -0.3 is 30.1 Å². The van der Waals surface area contributed by atoms with E-state index in [1.165, 1.54) is 11.4 Å². The number of urea groups is 1. The standard InChI is InChI=1S/C33H44N4O7S2/c1-23-20-37(24(2)22-38)32(39)28-19-27(35-33(40)34-26-12-6-5-7-13-26)15-16-29(28)44-25(3)11-8-9-17-43-30(23)21-36(4)46(41,42)31-14-10-18-45-31/h5-7,10,12-16,18-19,23-25,30,38H,8-9,11,17,20-22H2,1-4H3,(H2,34,35,40)/t23-,24+,25-,30-/m0/s1. The zero-order valence-electron chi connectivity index (χ0n) is 26.7. The van der Waals surface area contributed by atoms with Crippen molar-refractivity contribution in [3.8, 4) is 5.75 Å². The molecule has 0 saturated heterocycles. The van der Waals surface area contributed by atoms with Crippen LogP contribution in [0.5, 0.6) is 5.75 Å². The van der Waals surface area contributed by atoms with Gasteiger partial charge in [0.2, 0.25) is 0 Å². The van der Waals surface area contributed by atoms with E-state index < -0.39 is 34.1 Å². The third kappa shape index (κ3) is 9.29. The van der Waals surface area contributed by atoms with Gasteiger partial charge in [-0.25, -0.2) is 13.2 Å². The summed E-state index contributed by atoms with van der Waals surface area (Å²) >= 11 is 1.16. The molecule has 250 valence electrons. The van der Waals surface area contributed by atoms with Crippen LogP contribution in [0, 0.1) is 5.92 Å². The Morgan fingerprint density at radius 2 is 1.83 bits per heavy atom. The molecule has 0 radical (unpaired) electrons. The second-order valence-electron chi connectivity index (χ2n) is 11.7. The number of amides is 3. The predicted molar refractivity (Wildman–Crippen MR) is 180 cm³/mol. The first-order chi connectivity index (χ1) is 22.0. The van der Waals surface area contributed by atoms with Gasteiger partial charge in [0, 0.05) is 44.0 Å². The minimum Gasteiger partial charge on any atom is -0.490 e. The topological polar surface area (TPSA) is 138 Å². The number of fused-ring (bicyclic) bond motifs is 1. The second kappa shape index (κ2) is 16.4. The van der Waals surface area contributed by atoms with Crippen molar-refractivity contribution in [3.05, 3.63) is 71.6 Å². The summed E-state index contributed by atoms with van der Waals surface area (Å²) in [6.45, 7) is 6.00. The Balaban J connectivity index is 1.62. The van der Waals surface area contributed by atoms with Gasteiger partial charge in [-0.3, -0.25) is 4.79 Å². The lowest BCUT2D eigenvalue weighted by atomic mass is 10.0. The predicted octanol–water partition coefficient (Wildman–Crippen LogP) is 5.51. The summed E-state index contributed by atoms with van der Waals surface area (Å²) in [5, 5.41) is 17.5. The van der Waals surface area contributed by atoms with Crippen molar-refractivity contribution in [3.63, 3.8) is 0 Å². The summed E-state index contributed by atoms with van der Waals surface area (Å²) in [5.41, 5.74) is 1.25. The third-order valence-electron chi connectivity index (χ3n) is 7.94. The fourth-order valence-electron chi connectivity index (χ4n) is 5.19. The van der Waals surface area contributed by atoms with Gasteiger partial charge in [0.25, 0.3) is 15.9 Å². The molecular weight excluding hydrogens is 629 g/mol. The molecule has 2 aromatic carbocycles. The van der Waals surface area contributed by atoms with Crippen LogP contribution in [-0.2, 0) is 14.8 Å². The van der Waals surface area contributed by atoms with Crippen LogP contribution in [0.4, 0.5) is 16.2 Å². The van der Waals surface area contributed by atoms with Gasteiger partial charge in [-0.15, -0.1) is 11.3 Å². The number of hydrogen-bond donors (Lipinski definition) is 3. The van der Waals surface area contributed by atoms with Crippen LogP contribution in [0.1, 0.15) is 50.4 Å². The molecule has 3 amide bonds. The van der Waals surface area contributed by atoms with Crippen molar-refractivity contribution >= 4 is 44.7 Å². The van der Waals surface area contributed by atoms with Gasteiger partial charge >= 0.3 is 6.03 Å². The van der Waals surface area contributed by atoms with E-state index in [0.717, 1.165) is 24.2 Å². The van der Waals surface area contributed by atoms with E-state index in [2.05, 4.69) is 10.6 Å². The lowest BCUT2D eigenvalue weighted by Crippen LogP contribution is -2.48. The Hall–Kier alpha value is -3.49. The summed E-state index contributed by atoms with van der Waals surface area (Å²) in [5.74, 6) is -0.317. The van der Waals surface area contributed by atoms with E-state index in [4.69, 9.17) is 9.47 Å². The Morgan fingerprint density at radius 3 is 2.52 bits per heavy atom. The zero-order chi connectivity index (χ0) is 33.3. The number of nitrogens with one attached hydrogen (secondary N) is 2. The monoisotopic (exact) mass is 672 g/mol. The second-order valence-corrected chi connectivity index (χ2v) is 14.9. The van der Waals surface area contributed by atoms with E-state index in [1.54, 1.807) is 59.7 Å². The van der Waals surface area contributed by atoms with Gasteiger partial charge in [0.1, 0.15) is 9.96 Å². The first kappa shape index (κ1) is 35.4. The number of hydrogen-bond acceptors (Lipinski definition) is 8. The summed E-state index contributed by atoms with van der Waals surface area (Å²) < 4.78 is 40.5. The summed E-state index contributed by atoms with van der Waals surface area (Å²) in [6.07, 6.45) is 1.53. The maximum absolute atomic E-state index is 14.3. The Labute approximate surface area is 275 Å². The van der Waals surface area contributed by atoms with Gasteiger partial charge in [0.05, 0.1) is 30.4 Å². The Morgan fingerprint density at radius 1 is 1.09 bits per heavy atom. The first-order valence-corrected chi connectivity index (χ1v) is 17.8. The molecule has 13 heteroatoms. The molecule has 3 N–H and O–H groups in total. The lowest BCUT2D eigenvalue weighted by Gasteiger charge is -2.35. The molecule has 46 heavy (non-hydrogen) atoms. The van der Waals surface area contributed by atoms with Crippen molar-refractivity contribution in [2.75, 3.05) is 44.0 Å². The minimum absolute atomic E-state index is 0.0949. The van der Waals surface area contributed by atoms with Crippen molar-refractivity contribution in [1.29, 1.82) is 0 Å². The summed E-state index contributed by atoms with van der Waals surface area (Å²) in [4.78, 5) is 28.6. The number of anilines is 2. The number of sulfonamides is 1. The molecule has 0 fully saturated rings. The maximum Gasteiger partial charge on any atom is 0.323 e. The van der Waals surface area contributed by atoms with Crippen LogP contribution in [-0.4, -0.2) is 86.3 Å². The maximum atomic E-state index is 14.3. The molecule has 0 spiro atoms. The number of likely N-dealkylation sites (N-methyl/N-ethyl adjacent to an activating group) is 1. The van der Waals surface area contributed by atoms with E-state index >= 15 is 0 Å². The largest absolute Gasteiger partial charge is 0.490 e. The van der Waals surface area contributed by atoms with Crippen LogP contribution >= 0.6 is 11.3 Å². The molecule has 0 saturated carbocycles. The number of aliphatic hydroxyl groups is 1. The van der Waals surface area contributed by atoms with Crippen molar-refractivity contribution in [2.24, 2.45) is 5.92 Å². The molecule has 4 atom stereocenters. The average Bonchev–Trinajstić information content (AvgIpc) is 3.59. The quantitative estimate of drug-likeness (QED) is 0.287. The van der Waals surface area contributed by atoms with Crippen molar-refractivity contribution in [2.45, 2.75) is 62.5 Å². The number of ether oxygens (including phenoxy) is 2. The molecule has 0 bridgehead atoms. The van der Waals surface area contributed by atoms with E-state index in [9.17, 15) is 23.1 Å². The fourth-order valence-corrected chi connectivity index (χ4v) is 7.58. The average molecular weight is 673 g/mol. The number of aliphatic hydroxyl groups excluding tert-OH is 1. The molecule has 4 rings (SSSR count).